The molecular formula is C45H60F2N6OSi. The Morgan fingerprint density at radius 2 is 1.67 bits per heavy atom. The van der Waals surface area contributed by atoms with Gasteiger partial charge < -0.3 is 9.64 Å². The molecule has 3 saturated heterocycles. The molecule has 2 aromatic heterocycles. The van der Waals surface area contributed by atoms with Gasteiger partial charge in [-0.2, -0.15) is 9.97 Å². The molecule has 0 aliphatic carbocycles. The standard InChI is InChI=1S/C45H60F2N6OSi/c1-29(2)55(30(3)4,31(5)6)23-18-34-15-11-14-33-16-12-17-36(38(33)34)40-39(47)41-37(25-48-40)42(53-22-21-51(26-32(53)7)44(8,9)10)50-43(49-41)54-28-45-19-13-20-52(45)27-35(46)24-45/h11-12,14-17,25,29-32,35H,13,19-22,24,26-28H2,1-10H3/t32-,35+,45-/m0/s1. The predicted molar refractivity (Wildman–Crippen MR) is 225 cm³/mol. The van der Waals surface area contributed by atoms with Crippen LogP contribution < -0.4 is 9.64 Å². The molecule has 55 heavy (non-hydrogen) atoms. The van der Waals surface area contributed by atoms with Gasteiger partial charge in [-0.05, 0) is 75.2 Å². The lowest BCUT2D eigenvalue weighted by atomic mass is 9.95. The molecule has 294 valence electrons. The van der Waals surface area contributed by atoms with Gasteiger partial charge in [-0.1, -0.05) is 77.8 Å². The van der Waals surface area contributed by atoms with Crippen molar-refractivity contribution >= 4 is 35.6 Å². The normalized spacial score (nSPS) is 22.6. The zero-order chi connectivity index (χ0) is 39.4. The van der Waals surface area contributed by atoms with Gasteiger partial charge in [0.2, 0.25) is 0 Å². The van der Waals surface area contributed by atoms with Crippen LogP contribution >= 0.6 is 0 Å². The van der Waals surface area contributed by atoms with Crippen molar-refractivity contribution in [2.45, 2.75) is 128 Å². The van der Waals surface area contributed by atoms with Crippen LogP contribution in [0.25, 0.3) is 32.9 Å². The van der Waals surface area contributed by atoms with Crippen LogP contribution in [-0.2, 0) is 0 Å². The molecule has 4 aromatic rings. The SMILES string of the molecule is CC(C)[Si](C#Cc1cccc2cccc(-c3ncc4c(N5CCN(C(C)(C)C)C[C@@H]5C)nc(OC[C@@]56CCCN5C[C@H](F)C6)nc4c3F)c12)(C(C)C)C(C)C. The van der Waals surface area contributed by atoms with Crippen molar-refractivity contribution in [3.8, 4) is 28.7 Å². The summed E-state index contributed by atoms with van der Waals surface area (Å²) in [6.45, 7) is 26.8. The lowest BCUT2D eigenvalue weighted by Gasteiger charge is -2.46. The molecule has 5 heterocycles. The van der Waals surface area contributed by atoms with E-state index in [2.05, 4.69) is 114 Å². The maximum Gasteiger partial charge on any atom is 0.319 e. The maximum atomic E-state index is 17.4. The lowest BCUT2D eigenvalue weighted by Crippen LogP contribution is -2.57. The highest BCUT2D eigenvalue weighted by atomic mass is 28.3. The number of anilines is 1. The number of nitrogens with zero attached hydrogens (tertiary/aromatic N) is 6. The van der Waals surface area contributed by atoms with E-state index < -0.39 is 20.1 Å². The summed E-state index contributed by atoms with van der Waals surface area (Å²) in [5, 5.41) is 2.43. The summed E-state index contributed by atoms with van der Waals surface area (Å²) in [6, 6.07) is 12.3. The van der Waals surface area contributed by atoms with Gasteiger partial charge in [0.25, 0.3) is 0 Å². The molecule has 10 heteroatoms. The summed E-state index contributed by atoms with van der Waals surface area (Å²) in [5.41, 5.74) is 6.97. The predicted octanol–water partition coefficient (Wildman–Crippen LogP) is 9.82. The average molecular weight is 767 g/mol. The number of hydrogen-bond acceptors (Lipinski definition) is 7. The molecule has 3 aliphatic heterocycles. The number of pyridine rings is 1. The van der Waals surface area contributed by atoms with Crippen LogP contribution in [0, 0.1) is 17.3 Å². The Hall–Kier alpha value is -3.65. The largest absolute Gasteiger partial charge is 0.461 e. The number of aromatic nitrogens is 3. The van der Waals surface area contributed by atoms with Gasteiger partial charge in [0.05, 0.1) is 10.9 Å². The first-order valence-corrected chi connectivity index (χ1v) is 22.7. The number of ether oxygens (including phenoxy) is 1. The highest BCUT2D eigenvalue weighted by Gasteiger charge is 2.49. The number of rotatable bonds is 8. The van der Waals surface area contributed by atoms with E-state index in [1.165, 1.54) is 0 Å². The van der Waals surface area contributed by atoms with Crippen LogP contribution in [0.4, 0.5) is 14.6 Å². The maximum absolute atomic E-state index is 17.4. The van der Waals surface area contributed by atoms with Gasteiger partial charge in [-0.3, -0.25) is 14.8 Å². The highest BCUT2D eigenvalue weighted by Crippen LogP contribution is 2.43. The summed E-state index contributed by atoms with van der Waals surface area (Å²) < 4.78 is 38.6. The minimum absolute atomic E-state index is 0.0245. The van der Waals surface area contributed by atoms with E-state index >= 15 is 4.39 Å². The van der Waals surface area contributed by atoms with Gasteiger partial charge in [0.15, 0.2) is 5.82 Å². The van der Waals surface area contributed by atoms with Crippen molar-refractivity contribution in [2.75, 3.05) is 44.2 Å². The quantitative estimate of drug-likeness (QED) is 0.131. The molecular weight excluding hydrogens is 707 g/mol. The summed E-state index contributed by atoms with van der Waals surface area (Å²) in [7, 11) is -2.04. The van der Waals surface area contributed by atoms with Gasteiger partial charge in [-0.25, -0.2) is 8.78 Å². The highest BCUT2D eigenvalue weighted by molar-refractivity contribution is 6.90. The van der Waals surface area contributed by atoms with E-state index in [1.807, 2.05) is 18.2 Å². The molecule has 3 aliphatic rings. The number of piperazine rings is 1. The van der Waals surface area contributed by atoms with Crippen molar-refractivity contribution in [1.29, 1.82) is 0 Å². The van der Waals surface area contributed by atoms with Crippen LogP contribution in [0.3, 0.4) is 0 Å². The molecule has 0 amide bonds. The Labute approximate surface area is 328 Å². The summed E-state index contributed by atoms with van der Waals surface area (Å²) in [4.78, 5) is 21.6. The molecule has 3 fully saturated rings. The number of benzene rings is 2. The minimum Gasteiger partial charge on any atom is -0.461 e. The van der Waals surface area contributed by atoms with E-state index in [1.54, 1.807) is 6.20 Å². The van der Waals surface area contributed by atoms with Crippen LogP contribution in [0.5, 0.6) is 6.01 Å². The van der Waals surface area contributed by atoms with Gasteiger partial charge in [-0.15, -0.1) is 5.54 Å². The Bertz CT molecular complexity index is 2090. The van der Waals surface area contributed by atoms with E-state index in [0.29, 0.717) is 52.9 Å². The number of fused-ring (bicyclic) bond motifs is 3. The summed E-state index contributed by atoms with van der Waals surface area (Å²) in [6.07, 6.45) is 3.16. The molecule has 0 spiro atoms. The van der Waals surface area contributed by atoms with Crippen LogP contribution in [0.2, 0.25) is 16.6 Å². The van der Waals surface area contributed by atoms with Crippen LogP contribution in [0.1, 0.15) is 94.1 Å². The lowest BCUT2D eigenvalue weighted by molar-refractivity contribution is 0.106. The van der Waals surface area contributed by atoms with Crippen LogP contribution in [0.15, 0.2) is 42.6 Å². The van der Waals surface area contributed by atoms with E-state index in [-0.39, 0.29) is 40.9 Å². The first kappa shape index (κ1) is 39.6. The topological polar surface area (TPSA) is 57.6 Å². The Morgan fingerprint density at radius 3 is 2.35 bits per heavy atom. The van der Waals surface area contributed by atoms with Crippen molar-refractivity contribution in [2.24, 2.45) is 0 Å². The molecule has 0 bridgehead atoms. The Balaban J connectivity index is 1.36. The Morgan fingerprint density at radius 1 is 0.964 bits per heavy atom. The molecule has 0 saturated carbocycles. The van der Waals surface area contributed by atoms with Crippen molar-refractivity contribution in [3.63, 3.8) is 0 Å². The van der Waals surface area contributed by atoms with E-state index in [9.17, 15) is 4.39 Å². The third-order valence-corrected chi connectivity index (χ3v) is 19.5. The number of halogens is 2. The van der Waals surface area contributed by atoms with Gasteiger partial charge >= 0.3 is 6.01 Å². The summed E-state index contributed by atoms with van der Waals surface area (Å²) in [5.74, 6) is 3.77. The number of hydrogen-bond donors (Lipinski definition) is 0. The molecule has 2 aromatic carbocycles. The monoisotopic (exact) mass is 766 g/mol. The molecule has 3 atom stereocenters. The first-order valence-electron chi connectivity index (χ1n) is 20.5. The second-order valence-corrected chi connectivity index (χ2v) is 24.0. The second-order valence-electron chi connectivity index (χ2n) is 18.4. The molecule has 0 radical (unpaired) electrons. The summed E-state index contributed by atoms with van der Waals surface area (Å²) >= 11 is 0. The smallest absolute Gasteiger partial charge is 0.319 e. The fraction of sp³-hybridized carbons (Fsp3) is 0.578. The minimum atomic E-state index is -2.04. The third kappa shape index (κ3) is 7.14. The molecule has 7 rings (SSSR count). The van der Waals surface area contributed by atoms with Gasteiger partial charge in [0.1, 0.15) is 37.9 Å². The average Bonchev–Trinajstić information content (AvgIpc) is 3.65. The fourth-order valence-corrected chi connectivity index (χ4v) is 15.5. The number of alkyl halides is 1. The van der Waals surface area contributed by atoms with Crippen LogP contribution in [-0.4, -0.2) is 95.4 Å². The van der Waals surface area contributed by atoms with Gasteiger partial charge in [0, 0.05) is 66.9 Å². The second kappa shape index (κ2) is 15.0. The molecule has 0 unspecified atom stereocenters. The Kier molecular flexibility index (Phi) is 10.8. The van der Waals surface area contributed by atoms with Crippen molar-refractivity contribution < 1.29 is 13.5 Å². The molecule has 7 nitrogen and oxygen atoms in total. The fourth-order valence-electron chi connectivity index (χ4n) is 10.3. The molecule has 0 N–H and O–H groups in total. The first-order chi connectivity index (χ1) is 26.1. The third-order valence-electron chi connectivity index (χ3n) is 13.2. The zero-order valence-electron chi connectivity index (χ0n) is 34.6. The van der Waals surface area contributed by atoms with Crippen molar-refractivity contribution in [1.82, 2.24) is 24.8 Å². The zero-order valence-corrected chi connectivity index (χ0v) is 35.6. The van der Waals surface area contributed by atoms with Crippen molar-refractivity contribution in [3.05, 3.63) is 54.0 Å². The van der Waals surface area contributed by atoms with E-state index in [0.717, 1.165) is 48.8 Å². The van der Waals surface area contributed by atoms with E-state index in [4.69, 9.17) is 19.7 Å².